The first-order chi connectivity index (χ1) is 12.5. The Bertz CT molecular complexity index is 742. The van der Waals surface area contributed by atoms with Crippen molar-refractivity contribution < 1.29 is 19.0 Å². The fraction of sp³-hybridized carbons (Fsp3) is 0.278. The number of hydrogen-bond donors (Lipinski definition) is 1. The zero-order valence-corrected chi connectivity index (χ0v) is 16.3. The molecule has 0 bridgehead atoms. The zero-order valence-electron chi connectivity index (χ0n) is 14.0. The molecule has 0 heterocycles. The Morgan fingerprint density at radius 1 is 1.15 bits per heavy atom. The smallest absolute Gasteiger partial charge is 0.407 e. The van der Waals surface area contributed by atoms with Crippen LogP contribution >= 0.6 is 34.8 Å². The van der Waals surface area contributed by atoms with Gasteiger partial charge in [-0.25, -0.2) is 4.79 Å². The number of halogens is 3. The molecule has 1 N–H and O–H groups in total. The summed E-state index contributed by atoms with van der Waals surface area (Å²) in [6.07, 6.45) is -0.891. The molecular formula is C18H18Cl3NO4. The Morgan fingerprint density at radius 3 is 2.62 bits per heavy atom. The van der Waals surface area contributed by atoms with Crippen LogP contribution in [-0.2, 0) is 4.74 Å². The third kappa shape index (κ3) is 6.83. The highest BCUT2D eigenvalue weighted by molar-refractivity contribution is 6.32. The Kier molecular flexibility index (Phi) is 8.16. The van der Waals surface area contributed by atoms with Gasteiger partial charge in [-0.3, -0.25) is 0 Å². The monoisotopic (exact) mass is 417 g/mol. The Morgan fingerprint density at radius 2 is 1.92 bits per heavy atom. The molecule has 0 spiro atoms. The van der Waals surface area contributed by atoms with Crippen molar-refractivity contribution in [2.24, 2.45) is 0 Å². The lowest BCUT2D eigenvalue weighted by molar-refractivity contribution is 0.115. The van der Waals surface area contributed by atoms with Crippen LogP contribution in [0.5, 0.6) is 17.2 Å². The van der Waals surface area contributed by atoms with Crippen molar-refractivity contribution in [3.8, 4) is 17.2 Å². The van der Waals surface area contributed by atoms with Gasteiger partial charge >= 0.3 is 6.09 Å². The second-order valence-electron chi connectivity index (χ2n) is 5.30. The summed E-state index contributed by atoms with van der Waals surface area (Å²) < 4.78 is 16.2. The molecule has 2 aromatic carbocycles. The van der Waals surface area contributed by atoms with Crippen molar-refractivity contribution in [3.05, 3.63) is 52.5 Å². The van der Waals surface area contributed by atoms with E-state index in [0.29, 0.717) is 27.3 Å². The highest BCUT2D eigenvalue weighted by Gasteiger charge is 2.08. The molecule has 0 saturated heterocycles. The fourth-order valence-electron chi connectivity index (χ4n) is 1.90. The van der Waals surface area contributed by atoms with Crippen molar-refractivity contribution in [3.63, 3.8) is 0 Å². The van der Waals surface area contributed by atoms with Gasteiger partial charge in [0.1, 0.15) is 30.0 Å². The Hall–Kier alpha value is -1.82. The highest BCUT2D eigenvalue weighted by atomic mass is 35.5. The van der Waals surface area contributed by atoms with Gasteiger partial charge in [0.25, 0.3) is 0 Å². The number of carbonyl (C=O) groups excluding carboxylic acids is 1. The van der Waals surface area contributed by atoms with Gasteiger partial charge in [-0.1, -0.05) is 29.3 Å². The molecule has 0 aromatic heterocycles. The lowest BCUT2D eigenvalue weighted by atomic mass is 10.3. The molecule has 1 atom stereocenters. The third-order valence-corrected chi connectivity index (χ3v) is 4.05. The van der Waals surface area contributed by atoms with Crippen molar-refractivity contribution in [1.29, 1.82) is 0 Å². The van der Waals surface area contributed by atoms with Crippen LogP contribution in [0.1, 0.15) is 6.92 Å². The van der Waals surface area contributed by atoms with Crippen LogP contribution in [0.3, 0.4) is 0 Å². The maximum atomic E-state index is 11.4. The predicted octanol–water partition coefficient (Wildman–Crippen LogP) is 5.52. The average molecular weight is 419 g/mol. The predicted molar refractivity (Wildman–Crippen MR) is 103 cm³/mol. The summed E-state index contributed by atoms with van der Waals surface area (Å²) in [5.41, 5.74) is 0. The average Bonchev–Trinajstić information content (AvgIpc) is 2.60. The second kappa shape index (κ2) is 10.4. The van der Waals surface area contributed by atoms with Gasteiger partial charge in [-0.15, -0.1) is 11.6 Å². The summed E-state index contributed by atoms with van der Waals surface area (Å²) in [7, 11) is 0. The normalized spacial score (nSPS) is 11.5. The summed E-state index contributed by atoms with van der Waals surface area (Å²) in [4.78, 5) is 11.4. The molecule has 1 unspecified atom stereocenters. The minimum Gasteiger partial charge on any atom is -0.490 e. The zero-order chi connectivity index (χ0) is 18.9. The van der Waals surface area contributed by atoms with E-state index in [2.05, 4.69) is 5.32 Å². The maximum Gasteiger partial charge on any atom is 0.407 e. The number of alkyl carbamates (subject to hydrolysis) is 1. The first-order valence-electron chi connectivity index (χ1n) is 7.84. The summed E-state index contributed by atoms with van der Waals surface area (Å²) in [5, 5.41) is 3.54. The third-order valence-electron chi connectivity index (χ3n) is 3.09. The fourth-order valence-corrected chi connectivity index (χ4v) is 2.37. The topological polar surface area (TPSA) is 56.8 Å². The van der Waals surface area contributed by atoms with E-state index in [-0.39, 0.29) is 25.1 Å². The Labute approximate surface area is 167 Å². The van der Waals surface area contributed by atoms with Crippen LogP contribution < -0.4 is 14.8 Å². The van der Waals surface area contributed by atoms with Crippen LogP contribution in [0.4, 0.5) is 4.79 Å². The number of carbonyl (C=O) groups is 1. The molecule has 0 saturated carbocycles. The second-order valence-corrected chi connectivity index (χ2v) is 6.45. The van der Waals surface area contributed by atoms with Gasteiger partial charge in [0.05, 0.1) is 17.4 Å². The van der Waals surface area contributed by atoms with E-state index in [9.17, 15) is 4.79 Å². The number of amides is 1. The molecule has 0 aliphatic carbocycles. The van der Waals surface area contributed by atoms with E-state index in [1.807, 2.05) is 0 Å². The van der Waals surface area contributed by atoms with Crippen molar-refractivity contribution in [2.45, 2.75) is 13.0 Å². The molecule has 1 amide bonds. The molecule has 0 radical (unpaired) electrons. The molecule has 8 heteroatoms. The summed E-state index contributed by atoms with van der Waals surface area (Å²) in [5.74, 6) is 1.88. The Balaban J connectivity index is 1.81. The number of hydrogen-bond acceptors (Lipinski definition) is 4. The first kappa shape index (κ1) is 20.5. The van der Waals surface area contributed by atoms with Crippen LogP contribution in [0.15, 0.2) is 42.5 Å². The van der Waals surface area contributed by atoms with Crippen molar-refractivity contribution in [2.75, 3.05) is 19.0 Å². The van der Waals surface area contributed by atoms with Crippen LogP contribution in [-0.4, -0.2) is 31.2 Å². The largest absolute Gasteiger partial charge is 0.490 e. The molecule has 5 nitrogen and oxygen atoms in total. The summed E-state index contributed by atoms with van der Waals surface area (Å²) in [6.45, 7) is 2.21. The lowest BCUT2D eigenvalue weighted by Crippen LogP contribution is -2.31. The highest BCUT2D eigenvalue weighted by Crippen LogP contribution is 2.31. The number of ether oxygens (including phenoxy) is 3. The number of alkyl halides is 1. The molecule has 0 aliphatic rings. The first-order valence-corrected chi connectivity index (χ1v) is 9.13. The van der Waals surface area contributed by atoms with Crippen LogP contribution in [0, 0.1) is 0 Å². The van der Waals surface area contributed by atoms with E-state index in [1.54, 1.807) is 49.4 Å². The van der Waals surface area contributed by atoms with Crippen LogP contribution in [0.25, 0.3) is 0 Å². The van der Waals surface area contributed by atoms with E-state index in [1.165, 1.54) is 0 Å². The number of rotatable bonds is 8. The van der Waals surface area contributed by atoms with E-state index in [0.717, 1.165) is 0 Å². The van der Waals surface area contributed by atoms with Gasteiger partial charge in [-0.2, -0.15) is 0 Å². The molecular weight excluding hydrogens is 401 g/mol. The lowest BCUT2D eigenvalue weighted by Gasteiger charge is -2.12. The number of benzene rings is 2. The van der Waals surface area contributed by atoms with Crippen molar-refractivity contribution in [1.82, 2.24) is 5.32 Å². The standard InChI is InChI=1S/C18H18Cl3NO4/c1-12(11-19)25-18(23)22-7-8-24-17-6-5-15(10-16(17)21)26-14-4-2-3-13(20)9-14/h2-6,9-10,12H,7-8,11H2,1H3,(H,22,23). The van der Waals surface area contributed by atoms with Crippen LogP contribution in [0.2, 0.25) is 10.0 Å². The van der Waals surface area contributed by atoms with E-state index < -0.39 is 6.09 Å². The van der Waals surface area contributed by atoms with Gasteiger partial charge in [0.2, 0.25) is 0 Å². The molecule has 0 aliphatic heterocycles. The van der Waals surface area contributed by atoms with Gasteiger partial charge < -0.3 is 19.5 Å². The maximum absolute atomic E-state index is 11.4. The van der Waals surface area contributed by atoms with Gasteiger partial charge in [0.15, 0.2) is 0 Å². The van der Waals surface area contributed by atoms with Gasteiger partial charge in [0, 0.05) is 11.1 Å². The minimum atomic E-state index is -0.543. The summed E-state index contributed by atoms with van der Waals surface area (Å²) >= 11 is 17.7. The SMILES string of the molecule is CC(CCl)OC(=O)NCCOc1ccc(Oc2cccc(Cl)c2)cc1Cl. The molecule has 0 fully saturated rings. The quantitative estimate of drug-likeness (QED) is 0.453. The van der Waals surface area contributed by atoms with Crippen molar-refractivity contribution >= 4 is 40.9 Å². The minimum absolute atomic E-state index is 0.235. The molecule has 140 valence electrons. The molecule has 26 heavy (non-hydrogen) atoms. The summed E-state index contributed by atoms with van der Waals surface area (Å²) in [6, 6.07) is 12.1. The van der Waals surface area contributed by atoms with E-state index in [4.69, 9.17) is 49.0 Å². The molecule has 2 aromatic rings. The van der Waals surface area contributed by atoms with E-state index >= 15 is 0 Å². The number of nitrogens with one attached hydrogen (secondary N) is 1. The molecule has 2 rings (SSSR count). The van der Waals surface area contributed by atoms with Gasteiger partial charge in [-0.05, 0) is 37.3 Å².